The Hall–Kier alpha value is -3.27. The van der Waals surface area contributed by atoms with Crippen molar-refractivity contribution in [2.24, 2.45) is 5.92 Å². The Morgan fingerprint density at radius 3 is 2.00 bits per heavy atom. The van der Waals surface area contributed by atoms with Crippen molar-refractivity contribution in [2.75, 3.05) is 32.7 Å². The van der Waals surface area contributed by atoms with Crippen LogP contribution in [0, 0.1) is 5.92 Å². The molecule has 0 saturated carbocycles. The summed E-state index contributed by atoms with van der Waals surface area (Å²) in [7, 11) is 0. The first kappa shape index (κ1) is 26.8. The van der Waals surface area contributed by atoms with Gasteiger partial charge in [-0.3, -0.25) is 24.0 Å². The van der Waals surface area contributed by atoms with E-state index in [4.69, 9.17) is 0 Å². The number of Topliss-reactive ketones (excluding diaryl/α,β-unsaturated/α-hetero) is 1. The fourth-order valence-electron chi connectivity index (χ4n) is 2.53. The lowest BCUT2D eigenvalue weighted by molar-refractivity contribution is -0.131. The molecule has 0 saturated heterocycles. The van der Waals surface area contributed by atoms with Crippen LogP contribution in [0.25, 0.3) is 0 Å². The Kier molecular flexibility index (Phi) is 12.3. The molecule has 1 aromatic carbocycles. The number of benzene rings is 1. The van der Waals surface area contributed by atoms with E-state index in [2.05, 4.69) is 26.6 Å². The van der Waals surface area contributed by atoms with Crippen LogP contribution < -0.4 is 26.6 Å². The first-order valence-electron chi connectivity index (χ1n) is 10.6. The van der Waals surface area contributed by atoms with Crippen molar-refractivity contribution in [3.8, 4) is 0 Å². The van der Waals surface area contributed by atoms with E-state index in [1.807, 2.05) is 37.3 Å². The average molecular weight is 448 g/mol. The third-order valence-electron chi connectivity index (χ3n) is 4.44. The highest BCUT2D eigenvalue weighted by atomic mass is 16.2. The molecule has 0 heterocycles. The van der Waals surface area contributed by atoms with Crippen molar-refractivity contribution >= 4 is 29.4 Å². The van der Waals surface area contributed by atoms with Gasteiger partial charge in [0.05, 0.1) is 26.2 Å². The van der Waals surface area contributed by atoms with Gasteiger partial charge < -0.3 is 26.6 Å². The van der Waals surface area contributed by atoms with Gasteiger partial charge in [0, 0.05) is 12.3 Å². The summed E-state index contributed by atoms with van der Waals surface area (Å²) < 4.78 is 0. The lowest BCUT2D eigenvalue weighted by Gasteiger charge is -2.19. The molecule has 1 atom stereocenters. The largest absolute Gasteiger partial charge is 0.347 e. The molecule has 0 spiro atoms. The van der Waals surface area contributed by atoms with Crippen LogP contribution in [0.3, 0.4) is 0 Å². The van der Waals surface area contributed by atoms with Crippen molar-refractivity contribution in [1.82, 2.24) is 26.6 Å². The number of carbonyl (C=O) groups is 5. The molecule has 176 valence electrons. The third-order valence-corrected chi connectivity index (χ3v) is 4.44. The normalized spacial score (nSPS) is 11.4. The van der Waals surface area contributed by atoms with Crippen LogP contribution >= 0.6 is 0 Å². The van der Waals surface area contributed by atoms with E-state index >= 15 is 0 Å². The highest BCUT2D eigenvalue weighted by Crippen LogP contribution is 2.03. The molecule has 10 nitrogen and oxygen atoms in total. The van der Waals surface area contributed by atoms with Gasteiger partial charge in [-0.2, -0.15) is 0 Å². The highest BCUT2D eigenvalue weighted by Gasteiger charge is 2.22. The Bertz CT molecular complexity index is 782. The first-order valence-corrected chi connectivity index (χ1v) is 10.6. The minimum absolute atomic E-state index is 0.0894. The maximum atomic E-state index is 12.6. The summed E-state index contributed by atoms with van der Waals surface area (Å²) in [6.07, 6.45) is 0.206. The van der Waals surface area contributed by atoms with Crippen molar-refractivity contribution in [2.45, 2.75) is 33.2 Å². The van der Waals surface area contributed by atoms with Gasteiger partial charge in [-0.15, -0.1) is 0 Å². The summed E-state index contributed by atoms with van der Waals surface area (Å²) in [6.45, 7) is 5.32. The van der Waals surface area contributed by atoms with Gasteiger partial charge in [0.2, 0.25) is 23.6 Å². The summed E-state index contributed by atoms with van der Waals surface area (Å²) in [6, 6.07) is 8.14. The second kappa shape index (κ2) is 14.7. The van der Waals surface area contributed by atoms with E-state index in [1.54, 1.807) is 13.8 Å². The third kappa shape index (κ3) is 11.2. The molecule has 4 amide bonds. The molecule has 32 heavy (non-hydrogen) atoms. The molecule has 0 aromatic heterocycles. The zero-order valence-electron chi connectivity index (χ0n) is 18.8. The van der Waals surface area contributed by atoms with Crippen LogP contribution in [0.1, 0.15) is 26.3 Å². The van der Waals surface area contributed by atoms with Gasteiger partial charge in [-0.1, -0.05) is 51.1 Å². The Labute approximate surface area is 188 Å². The number of nitrogens with one attached hydrogen (secondary N) is 5. The number of amides is 4. The zero-order chi connectivity index (χ0) is 23.9. The maximum Gasteiger partial charge on any atom is 0.243 e. The number of ketones is 1. The predicted molar refractivity (Wildman–Crippen MR) is 119 cm³/mol. The topological polar surface area (TPSA) is 146 Å². The van der Waals surface area contributed by atoms with Crippen molar-refractivity contribution < 1.29 is 24.0 Å². The Morgan fingerprint density at radius 1 is 0.781 bits per heavy atom. The maximum absolute atomic E-state index is 12.6. The fraction of sp³-hybridized carbons (Fsp3) is 0.500. The van der Waals surface area contributed by atoms with E-state index < -0.39 is 23.8 Å². The van der Waals surface area contributed by atoms with Crippen molar-refractivity contribution in [3.63, 3.8) is 0 Å². The summed E-state index contributed by atoms with van der Waals surface area (Å²) in [5.41, 5.74) is 0.816. The molecule has 0 aliphatic carbocycles. The molecule has 1 rings (SSSR count). The monoisotopic (exact) mass is 447 g/mol. The van der Waals surface area contributed by atoms with Crippen LogP contribution in [0.5, 0.6) is 0 Å². The van der Waals surface area contributed by atoms with Gasteiger partial charge in [0.15, 0.2) is 5.78 Å². The van der Waals surface area contributed by atoms with Gasteiger partial charge in [-0.25, -0.2) is 0 Å². The fourth-order valence-corrected chi connectivity index (χ4v) is 2.53. The predicted octanol–water partition coefficient (Wildman–Crippen LogP) is -1.10. The number of hydrogen-bond acceptors (Lipinski definition) is 6. The van der Waals surface area contributed by atoms with Crippen LogP contribution in [0.2, 0.25) is 0 Å². The number of hydrogen-bond donors (Lipinski definition) is 5. The standard InChI is InChI=1S/C22H33N5O5/c1-4-23-12-19(29)25-14-21(31)27-17(10-16-8-6-5-7-9-16)22(32)26-13-20(30)24-11-18(28)15(2)3/h5-9,15,17,23H,4,10-14H2,1-3H3,(H,24,30)(H,25,29)(H,26,32)(H,27,31)/t17-/m0/s1. The molecule has 10 heteroatoms. The summed E-state index contributed by atoms with van der Waals surface area (Å²) in [4.78, 5) is 60.1. The molecule has 0 unspecified atom stereocenters. The summed E-state index contributed by atoms with van der Waals surface area (Å²) in [5.74, 6) is -2.24. The molecule has 0 fully saturated rings. The number of carbonyl (C=O) groups excluding carboxylic acids is 5. The zero-order valence-corrected chi connectivity index (χ0v) is 18.8. The number of rotatable bonds is 14. The SMILES string of the molecule is CCNCC(=O)NCC(=O)N[C@@H](Cc1ccccc1)C(=O)NCC(=O)NCC(=O)C(C)C. The van der Waals surface area contributed by atoms with Gasteiger partial charge >= 0.3 is 0 Å². The van der Waals surface area contributed by atoms with Crippen LogP contribution in [0.4, 0.5) is 0 Å². The summed E-state index contributed by atoms with van der Waals surface area (Å²) >= 11 is 0. The van der Waals surface area contributed by atoms with Crippen molar-refractivity contribution in [1.29, 1.82) is 0 Å². The molecular weight excluding hydrogens is 414 g/mol. The lowest BCUT2D eigenvalue weighted by atomic mass is 10.1. The summed E-state index contributed by atoms with van der Waals surface area (Å²) in [5, 5.41) is 12.8. The lowest BCUT2D eigenvalue weighted by Crippen LogP contribution is -2.52. The molecular formula is C22H33N5O5. The van der Waals surface area contributed by atoms with E-state index in [0.29, 0.717) is 6.54 Å². The molecule has 0 aliphatic rings. The molecule has 1 aromatic rings. The molecule has 0 bridgehead atoms. The van der Waals surface area contributed by atoms with E-state index in [0.717, 1.165) is 5.56 Å². The van der Waals surface area contributed by atoms with Crippen molar-refractivity contribution in [3.05, 3.63) is 35.9 Å². The van der Waals surface area contributed by atoms with Crippen LogP contribution in [-0.4, -0.2) is 68.2 Å². The van der Waals surface area contributed by atoms with Crippen LogP contribution in [0.15, 0.2) is 30.3 Å². The van der Waals surface area contributed by atoms with Gasteiger partial charge in [0.25, 0.3) is 0 Å². The second-order valence-corrected chi connectivity index (χ2v) is 7.48. The molecule has 0 radical (unpaired) electrons. The quantitative estimate of drug-likeness (QED) is 0.245. The van der Waals surface area contributed by atoms with Crippen LogP contribution in [-0.2, 0) is 30.4 Å². The minimum atomic E-state index is -0.944. The van der Waals surface area contributed by atoms with Gasteiger partial charge in [0.1, 0.15) is 6.04 Å². The average Bonchev–Trinajstić information content (AvgIpc) is 2.78. The Morgan fingerprint density at radius 2 is 1.38 bits per heavy atom. The smallest absolute Gasteiger partial charge is 0.243 e. The highest BCUT2D eigenvalue weighted by molar-refractivity contribution is 5.93. The van der Waals surface area contributed by atoms with E-state index in [9.17, 15) is 24.0 Å². The minimum Gasteiger partial charge on any atom is -0.347 e. The van der Waals surface area contributed by atoms with Gasteiger partial charge in [-0.05, 0) is 12.1 Å². The Balaban J connectivity index is 2.63. The molecule has 5 N–H and O–H groups in total. The second-order valence-electron chi connectivity index (χ2n) is 7.48. The van der Waals surface area contributed by atoms with E-state index in [-0.39, 0.29) is 50.2 Å². The number of likely N-dealkylation sites (N-methyl/N-ethyl adjacent to an activating group) is 1. The first-order chi connectivity index (χ1) is 15.2. The molecule has 0 aliphatic heterocycles. The van der Waals surface area contributed by atoms with E-state index in [1.165, 1.54) is 0 Å².